The standard InChI is InChI=1S/C28H32FN3O7S/c1-6-9-20(33)17(4)32-25(34)23-16(3)24(27(35)38-7-2)40-26(23)31(28(32)36)15-22(39-13-8-12-30)19-14-18(29)10-11-21(19)37-5/h10-11,14,17,22H,6-9,13,15H2,1-5H3/t17-,22+/m1/s1. The highest BCUT2D eigenvalue weighted by atomic mass is 32.1. The van der Waals surface area contributed by atoms with E-state index in [0.29, 0.717) is 17.7 Å². The number of ketones is 1. The van der Waals surface area contributed by atoms with Gasteiger partial charge < -0.3 is 14.2 Å². The third kappa shape index (κ3) is 6.16. The SMILES string of the molecule is CCCC(=O)[C@@H](C)n1c(=O)c2c(C)c(C(=O)OCC)sc2n(C[C@H](OCCC#N)c2cc(F)ccc2OC)c1=O. The Morgan fingerprint density at radius 3 is 2.58 bits per heavy atom. The number of thiophene rings is 1. The Kier molecular flexibility index (Phi) is 10.4. The molecule has 3 rings (SSSR count). The van der Waals surface area contributed by atoms with Crippen molar-refractivity contribution in [2.45, 2.75) is 65.6 Å². The predicted octanol–water partition coefficient (Wildman–Crippen LogP) is 4.46. The van der Waals surface area contributed by atoms with Crippen LogP contribution in [0.15, 0.2) is 27.8 Å². The second-order valence-electron chi connectivity index (χ2n) is 9.07. The molecule has 214 valence electrons. The average molecular weight is 574 g/mol. The van der Waals surface area contributed by atoms with E-state index in [4.69, 9.17) is 19.5 Å². The fourth-order valence-corrected chi connectivity index (χ4v) is 5.66. The van der Waals surface area contributed by atoms with Crippen molar-refractivity contribution in [1.82, 2.24) is 9.13 Å². The van der Waals surface area contributed by atoms with Crippen LogP contribution in [0, 0.1) is 24.1 Å². The number of halogens is 1. The summed E-state index contributed by atoms with van der Waals surface area (Å²) in [5.74, 6) is -1.21. The summed E-state index contributed by atoms with van der Waals surface area (Å²) in [6.45, 7) is 6.40. The van der Waals surface area contributed by atoms with E-state index in [-0.39, 0.29) is 59.0 Å². The molecule has 0 aliphatic carbocycles. The van der Waals surface area contributed by atoms with Crippen LogP contribution in [0.5, 0.6) is 5.75 Å². The number of Topliss-reactive ketones (excluding diaryl/α,β-unsaturated/α-hetero) is 1. The van der Waals surface area contributed by atoms with Crippen LogP contribution in [0.4, 0.5) is 4.39 Å². The van der Waals surface area contributed by atoms with E-state index >= 15 is 0 Å². The van der Waals surface area contributed by atoms with E-state index in [0.717, 1.165) is 15.9 Å². The lowest BCUT2D eigenvalue weighted by molar-refractivity contribution is -0.122. The van der Waals surface area contributed by atoms with Gasteiger partial charge in [0.2, 0.25) is 0 Å². The van der Waals surface area contributed by atoms with E-state index in [1.54, 1.807) is 13.8 Å². The van der Waals surface area contributed by atoms with Crippen LogP contribution in [-0.2, 0) is 20.8 Å². The molecule has 40 heavy (non-hydrogen) atoms. The fourth-order valence-electron chi connectivity index (χ4n) is 4.47. The third-order valence-electron chi connectivity index (χ3n) is 6.47. The van der Waals surface area contributed by atoms with Gasteiger partial charge in [0.1, 0.15) is 27.4 Å². The monoisotopic (exact) mass is 573 g/mol. The number of aryl methyl sites for hydroxylation is 1. The summed E-state index contributed by atoms with van der Waals surface area (Å²) in [7, 11) is 1.41. The summed E-state index contributed by atoms with van der Waals surface area (Å²) in [6.07, 6.45) is -0.248. The summed E-state index contributed by atoms with van der Waals surface area (Å²) in [5, 5.41) is 9.14. The highest BCUT2D eigenvalue weighted by Crippen LogP contribution is 2.33. The van der Waals surface area contributed by atoms with Crippen molar-refractivity contribution >= 4 is 33.3 Å². The van der Waals surface area contributed by atoms with Crippen LogP contribution in [0.3, 0.4) is 0 Å². The number of nitrogens with zero attached hydrogens (tertiary/aromatic N) is 3. The lowest BCUT2D eigenvalue weighted by Gasteiger charge is -2.23. The zero-order chi connectivity index (χ0) is 29.6. The van der Waals surface area contributed by atoms with Gasteiger partial charge in [-0.3, -0.25) is 14.2 Å². The second-order valence-corrected chi connectivity index (χ2v) is 10.1. The molecule has 0 N–H and O–H groups in total. The van der Waals surface area contributed by atoms with Gasteiger partial charge >= 0.3 is 11.7 Å². The molecule has 12 heteroatoms. The van der Waals surface area contributed by atoms with Crippen molar-refractivity contribution in [3.63, 3.8) is 0 Å². The van der Waals surface area contributed by atoms with E-state index in [9.17, 15) is 23.6 Å². The van der Waals surface area contributed by atoms with Gasteiger partial charge in [-0.2, -0.15) is 5.26 Å². The molecule has 10 nitrogen and oxygen atoms in total. The minimum Gasteiger partial charge on any atom is -0.496 e. The van der Waals surface area contributed by atoms with Crippen molar-refractivity contribution in [3.8, 4) is 11.8 Å². The Morgan fingerprint density at radius 1 is 1.23 bits per heavy atom. The van der Waals surface area contributed by atoms with Gasteiger partial charge in [-0.1, -0.05) is 6.92 Å². The molecular weight excluding hydrogens is 541 g/mol. The zero-order valence-corrected chi connectivity index (χ0v) is 23.9. The van der Waals surface area contributed by atoms with Crippen molar-refractivity contribution in [3.05, 3.63) is 60.9 Å². The lowest BCUT2D eigenvalue weighted by atomic mass is 10.1. The van der Waals surface area contributed by atoms with Gasteiger partial charge in [0.15, 0.2) is 5.78 Å². The van der Waals surface area contributed by atoms with Crippen molar-refractivity contribution in [2.24, 2.45) is 0 Å². The molecule has 0 bridgehead atoms. The van der Waals surface area contributed by atoms with Gasteiger partial charge in [0, 0.05) is 12.0 Å². The summed E-state index contributed by atoms with van der Waals surface area (Å²) in [4.78, 5) is 53.5. The largest absolute Gasteiger partial charge is 0.496 e. The fraction of sp³-hybridized carbons (Fsp3) is 0.464. The van der Waals surface area contributed by atoms with E-state index in [2.05, 4.69) is 0 Å². The summed E-state index contributed by atoms with van der Waals surface area (Å²) in [6, 6.07) is 4.76. The summed E-state index contributed by atoms with van der Waals surface area (Å²) >= 11 is 0.922. The van der Waals surface area contributed by atoms with Crippen LogP contribution < -0.4 is 16.0 Å². The van der Waals surface area contributed by atoms with E-state index < -0.39 is 35.2 Å². The maximum atomic E-state index is 14.3. The van der Waals surface area contributed by atoms with Crippen LogP contribution in [0.25, 0.3) is 10.2 Å². The van der Waals surface area contributed by atoms with E-state index in [1.807, 2.05) is 13.0 Å². The second kappa shape index (κ2) is 13.5. The van der Waals surface area contributed by atoms with E-state index in [1.165, 1.54) is 36.8 Å². The Morgan fingerprint density at radius 2 is 1.95 bits per heavy atom. The van der Waals surface area contributed by atoms with Crippen molar-refractivity contribution < 1.29 is 28.2 Å². The number of nitriles is 1. The molecule has 0 radical (unpaired) electrons. The molecule has 3 aromatic rings. The van der Waals surface area contributed by atoms with Crippen molar-refractivity contribution in [1.29, 1.82) is 5.26 Å². The first-order valence-electron chi connectivity index (χ1n) is 12.9. The molecule has 1 aromatic carbocycles. The first kappa shape index (κ1) is 30.7. The molecule has 0 saturated carbocycles. The molecule has 2 atom stereocenters. The van der Waals surface area contributed by atoms with Crippen LogP contribution in [0.2, 0.25) is 0 Å². The number of aromatic nitrogens is 2. The third-order valence-corrected chi connectivity index (χ3v) is 7.77. The number of fused-ring (bicyclic) bond motifs is 1. The van der Waals surface area contributed by atoms with Gasteiger partial charge in [0.05, 0.1) is 50.8 Å². The smallest absolute Gasteiger partial charge is 0.348 e. The number of esters is 1. The van der Waals surface area contributed by atoms with Crippen LogP contribution in [-0.4, -0.2) is 41.2 Å². The first-order valence-corrected chi connectivity index (χ1v) is 13.7. The van der Waals surface area contributed by atoms with Crippen molar-refractivity contribution in [2.75, 3.05) is 20.3 Å². The molecule has 0 spiro atoms. The van der Waals surface area contributed by atoms with Crippen LogP contribution in [0.1, 0.15) is 73.0 Å². The Balaban J connectivity index is 2.34. The maximum absolute atomic E-state index is 14.3. The van der Waals surface area contributed by atoms with Gasteiger partial charge in [0.25, 0.3) is 5.56 Å². The average Bonchev–Trinajstić information content (AvgIpc) is 3.27. The molecular formula is C28H32FN3O7S. The molecule has 0 amide bonds. The minimum absolute atomic E-state index is 0.0265. The Labute approximate surface area is 234 Å². The Hall–Kier alpha value is -3.82. The number of methoxy groups -OCH3 is 1. The topological polar surface area (TPSA) is 130 Å². The first-order chi connectivity index (χ1) is 19.1. The van der Waals surface area contributed by atoms with Gasteiger partial charge in [-0.25, -0.2) is 18.5 Å². The summed E-state index contributed by atoms with van der Waals surface area (Å²) < 4.78 is 33.0. The number of hydrogen-bond acceptors (Lipinski definition) is 9. The molecule has 2 aromatic heterocycles. The molecule has 2 heterocycles. The quantitative estimate of drug-likeness (QED) is 0.216. The number of carbonyl (C=O) groups is 2. The predicted molar refractivity (Wildman–Crippen MR) is 148 cm³/mol. The Bertz CT molecular complexity index is 1570. The molecule has 0 aliphatic rings. The zero-order valence-electron chi connectivity index (χ0n) is 23.1. The maximum Gasteiger partial charge on any atom is 0.348 e. The normalized spacial score (nSPS) is 12.6. The summed E-state index contributed by atoms with van der Waals surface area (Å²) in [5.41, 5.74) is -0.864. The number of ether oxygens (including phenoxy) is 3. The van der Waals surface area contributed by atoms with Crippen LogP contribution >= 0.6 is 11.3 Å². The molecule has 0 saturated heterocycles. The number of hydrogen-bond donors (Lipinski definition) is 0. The van der Waals surface area contributed by atoms with Gasteiger partial charge in [-0.05, 0) is 51.0 Å². The highest BCUT2D eigenvalue weighted by molar-refractivity contribution is 7.20. The molecule has 0 fully saturated rings. The number of rotatable bonds is 13. The number of benzene rings is 1. The lowest BCUT2D eigenvalue weighted by Crippen LogP contribution is -2.44. The minimum atomic E-state index is -1.07. The van der Waals surface area contributed by atoms with Gasteiger partial charge in [-0.15, -0.1) is 11.3 Å². The molecule has 0 aliphatic heterocycles. The number of carbonyl (C=O) groups excluding carboxylic acids is 2. The highest BCUT2D eigenvalue weighted by Gasteiger charge is 2.29. The molecule has 0 unspecified atom stereocenters.